The normalized spacial score (nSPS) is 24.3. The van der Waals surface area contributed by atoms with Gasteiger partial charge in [0.05, 0.1) is 0 Å². The third kappa shape index (κ3) is 4.30. The van der Waals surface area contributed by atoms with Crippen LogP contribution in [0.1, 0.15) is 39.5 Å². The van der Waals surface area contributed by atoms with E-state index in [2.05, 4.69) is 12.2 Å². The molecule has 0 aromatic rings. The Morgan fingerprint density at radius 2 is 2.16 bits per heavy atom. The number of thioether (sulfide) groups is 1. The molecule has 1 rings (SSSR count). The van der Waals surface area contributed by atoms with Crippen molar-refractivity contribution in [3.8, 4) is 0 Å². The summed E-state index contributed by atoms with van der Waals surface area (Å²) in [7, 11) is 0. The maximum atomic E-state index is 12.2. The van der Waals surface area contributed by atoms with Crippen molar-refractivity contribution in [2.24, 2.45) is 0 Å². The minimum atomic E-state index is -0.956. The van der Waals surface area contributed by atoms with Crippen molar-refractivity contribution in [1.82, 2.24) is 10.2 Å². The summed E-state index contributed by atoms with van der Waals surface area (Å²) >= 11 is 1.58. The summed E-state index contributed by atoms with van der Waals surface area (Å²) in [5, 5.41) is 11.8. The van der Waals surface area contributed by atoms with Crippen molar-refractivity contribution in [2.75, 3.05) is 12.0 Å². The van der Waals surface area contributed by atoms with Gasteiger partial charge in [-0.2, -0.15) is 11.8 Å². The summed E-state index contributed by atoms with van der Waals surface area (Å²) in [5.41, 5.74) is 0. The average Bonchev–Trinajstić information content (AvgIpc) is 2.75. The Kier molecular flexibility index (Phi) is 6.48. The van der Waals surface area contributed by atoms with Gasteiger partial charge in [0.25, 0.3) is 0 Å². The molecule has 3 atom stereocenters. The second kappa shape index (κ2) is 7.62. The number of aliphatic carboxylic acids is 1. The topological polar surface area (TPSA) is 69.6 Å². The highest BCUT2D eigenvalue weighted by atomic mass is 32.2. The molecular formula is C13H24N2O3S. The number of urea groups is 1. The molecule has 3 unspecified atom stereocenters. The zero-order chi connectivity index (χ0) is 14.4. The molecule has 0 radical (unpaired) electrons. The minimum absolute atomic E-state index is 0.194. The number of carbonyl (C=O) groups is 2. The Morgan fingerprint density at radius 3 is 2.68 bits per heavy atom. The fourth-order valence-corrected chi connectivity index (χ4v) is 3.03. The second-order valence-corrected chi connectivity index (χ2v) is 6.00. The van der Waals surface area contributed by atoms with Gasteiger partial charge >= 0.3 is 12.0 Å². The van der Waals surface area contributed by atoms with Crippen molar-refractivity contribution in [1.29, 1.82) is 0 Å². The fourth-order valence-electron chi connectivity index (χ4n) is 2.56. The molecule has 1 fully saturated rings. The molecule has 19 heavy (non-hydrogen) atoms. The maximum Gasteiger partial charge on any atom is 0.326 e. The van der Waals surface area contributed by atoms with E-state index in [1.807, 2.05) is 18.1 Å². The molecule has 110 valence electrons. The summed E-state index contributed by atoms with van der Waals surface area (Å²) in [6, 6.07) is -0.583. The van der Waals surface area contributed by atoms with Crippen molar-refractivity contribution in [3.63, 3.8) is 0 Å². The van der Waals surface area contributed by atoms with Gasteiger partial charge in [-0.3, -0.25) is 0 Å². The van der Waals surface area contributed by atoms with Crippen molar-refractivity contribution in [3.05, 3.63) is 0 Å². The van der Waals surface area contributed by atoms with E-state index in [1.54, 1.807) is 11.8 Å². The fraction of sp³-hybridized carbons (Fsp3) is 0.846. The molecule has 0 saturated carbocycles. The predicted octanol–water partition coefficient (Wildman–Crippen LogP) is 2.17. The summed E-state index contributed by atoms with van der Waals surface area (Å²) in [4.78, 5) is 25.2. The lowest BCUT2D eigenvalue weighted by atomic mass is 10.1. The van der Waals surface area contributed by atoms with Crippen LogP contribution in [0.3, 0.4) is 0 Å². The van der Waals surface area contributed by atoms with Crippen LogP contribution in [-0.2, 0) is 4.79 Å². The molecule has 2 N–H and O–H groups in total. The molecule has 2 amide bonds. The first-order valence-electron chi connectivity index (χ1n) is 6.81. The molecule has 0 bridgehead atoms. The van der Waals surface area contributed by atoms with Crippen LogP contribution in [0.2, 0.25) is 0 Å². The van der Waals surface area contributed by atoms with Gasteiger partial charge in [0.1, 0.15) is 6.04 Å². The highest BCUT2D eigenvalue weighted by Gasteiger charge is 2.34. The van der Waals surface area contributed by atoms with Crippen LogP contribution in [0.15, 0.2) is 0 Å². The molecule has 1 heterocycles. The number of carboxylic acids is 1. The summed E-state index contributed by atoms with van der Waals surface area (Å²) < 4.78 is 0. The van der Waals surface area contributed by atoms with E-state index in [0.717, 1.165) is 25.0 Å². The third-order valence-electron chi connectivity index (χ3n) is 3.70. The van der Waals surface area contributed by atoms with E-state index < -0.39 is 12.0 Å². The molecule has 0 spiro atoms. The Balaban J connectivity index is 2.62. The molecule has 5 nitrogen and oxygen atoms in total. The van der Waals surface area contributed by atoms with E-state index in [4.69, 9.17) is 5.11 Å². The van der Waals surface area contributed by atoms with Gasteiger partial charge in [0.2, 0.25) is 0 Å². The average molecular weight is 288 g/mol. The smallest absolute Gasteiger partial charge is 0.326 e. The number of likely N-dealkylation sites (tertiary alicyclic amines) is 1. The van der Waals surface area contributed by atoms with Gasteiger partial charge in [0, 0.05) is 12.1 Å². The molecule has 1 aliphatic rings. The number of rotatable bonds is 6. The van der Waals surface area contributed by atoms with Crippen molar-refractivity contribution in [2.45, 2.75) is 57.7 Å². The molecular weight excluding hydrogens is 264 g/mol. The number of nitrogens with one attached hydrogen (secondary N) is 1. The number of nitrogens with zero attached hydrogens (tertiary/aromatic N) is 1. The maximum absolute atomic E-state index is 12.2. The summed E-state index contributed by atoms with van der Waals surface area (Å²) in [5.74, 6) is -0.230. The van der Waals surface area contributed by atoms with Crippen LogP contribution < -0.4 is 5.32 Å². The monoisotopic (exact) mass is 288 g/mol. The zero-order valence-corrected chi connectivity index (χ0v) is 12.7. The molecule has 6 heteroatoms. The van der Waals surface area contributed by atoms with E-state index >= 15 is 0 Å². The lowest BCUT2D eigenvalue weighted by Crippen LogP contribution is -2.51. The van der Waals surface area contributed by atoms with Crippen LogP contribution >= 0.6 is 11.8 Å². The zero-order valence-electron chi connectivity index (χ0n) is 11.9. The number of carbonyl (C=O) groups excluding carboxylic acids is 1. The number of amides is 2. The van der Waals surface area contributed by atoms with Crippen LogP contribution in [0.5, 0.6) is 0 Å². The van der Waals surface area contributed by atoms with E-state index in [0.29, 0.717) is 6.42 Å². The highest BCUT2D eigenvalue weighted by molar-refractivity contribution is 7.98. The van der Waals surface area contributed by atoms with E-state index in [-0.39, 0.29) is 18.1 Å². The summed E-state index contributed by atoms with van der Waals surface area (Å²) in [6.07, 6.45) is 5.31. The Labute approximate surface area is 119 Å². The SMILES string of the molecule is CCC1CCC(C)N1C(=O)NC(CCSC)C(=O)O. The van der Waals surface area contributed by atoms with Crippen molar-refractivity contribution >= 4 is 23.8 Å². The minimum Gasteiger partial charge on any atom is -0.480 e. The third-order valence-corrected chi connectivity index (χ3v) is 4.34. The molecule has 1 saturated heterocycles. The van der Waals surface area contributed by atoms with Gasteiger partial charge in [-0.15, -0.1) is 0 Å². The van der Waals surface area contributed by atoms with Crippen LogP contribution in [0, 0.1) is 0 Å². The van der Waals surface area contributed by atoms with Gasteiger partial charge in [-0.25, -0.2) is 9.59 Å². The van der Waals surface area contributed by atoms with Crippen LogP contribution in [0.25, 0.3) is 0 Å². The molecule has 1 aliphatic heterocycles. The Bertz CT molecular complexity index is 325. The number of hydrogen-bond acceptors (Lipinski definition) is 3. The highest BCUT2D eigenvalue weighted by Crippen LogP contribution is 2.25. The molecule has 0 aliphatic carbocycles. The number of hydrogen-bond donors (Lipinski definition) is 2. The first-order valence-corrected chi connectivity index (χ1v) is 8.21. The summed E-state index contributed by atoms with van der Waals surface area (Å²) in [6.45, 7) is 4.08. The van der Waals surface area contributed by atoms with E-state index in [9.17, 15) is 9.59 Å². The first-order chi connectivity index (χ1) is 9.01. The van der Waals surface area contributed by atoms with Gasteiger partial charge in [-0.05, 0) is 44.6 Å². The van der Waals surface area contributed by atoms with Gasteiger partial charge in [-0.1, -0.05) is 6.92 Å². The largest absolute Gasteiger partial charge is 0.480 e. The van der Waals surface area contributed by atoms with Crippen LogP contribution in [0.4, 0.5) is 4.79 Å². The van der Waals surface area contributed by atoms with Gasteiger partial charge in [0.15, 0.2) is 0 Å². The Hall–Kier alpha value is -0.910. The Morgan fingerprint density at radius 1 is 1.47 bits per heavy atom. The quantitative estimate of drug-likeness (QED) is 0.786. The van der Waals surface area contributed by atoms with Crippen molar-refractivity contribution < 1.29 is 14.7 Å². The second-order valence-electron chi connectivity index (χ2n) is 5.02. The van der Waals surface area contributed by atoms with Crippen LogP contribution in [-0.4, -0.2) is 52.1 Å². The first kappa shape index (κ1) is 16.1. The number of carboxylic acid groups (broad SMARTS) is 1. The lowest BCUT2D eigenvalue weighted by Gasteiger charge is -2.29. The van der Waals surface area contributed by atoms with E-state index in [1.165, 1.54) is 0 Å². The molecule has 0 aromatic heterocycles. The predicted molar refractivity (Wildman–Crippen MR) is 77.6 cm³/mol. The standard InChI is InChI=1S/C13H24N2O3S/c1-4-10-6-5-9(2)15(10)13(18)14-11(12(16)17)7-8-19-3/h9-11H,4-8H2,1-3H3,(H,14,18)(H,16,17). The van der Waals surface area contributed by atoms with Gasteiger partial charge < -0.3 is 15.3 Å². The lowest BCUT2D eigenvalue weighted by molar-refractivity contribution is -0.139. The molecule has 0 aromatic carbocycles.